The van der Waals surface area contributed by atoms with Gasteiger partial charge in [-0.05, 0) is 17.3 Å². The van der Waals surface area contributed by atoms with Crippen molar-refractivity contribution in [1.29, 1.82) is 0 Å². The third kappa shape index (κ3) is 8.69. The third-order valence-corrected chi connectivity index (χ3v) is 3.12. The van der Waals surface area contributed by atoms with Crippen LogP contribution in [0.15, 0.2) is 11.8 Å². The highest BCUT2D eigenvalue weighted by atomic mass is 127. The molecule has 0 aliphatic rings. The largest absolute Gasteiger partial charge is 0.0989 e. The third-order valence-electron chi connectivity index (χ3n) is 1.12. The molecule has 0 aromatic carbocycles. The van der Waals surface area contributed by atoms with Crippen molar-refractivity contribution in [3.05, 3.63) is 11.8 Å². The Kier molecular flexibility index (Phi) is 5.72. The van der Waals surface area contributed by atoms with Crippen molar-refractivity contribution in [2.75, 3.05) is 4.43 Å². The highest BCUT2D eigenvalue weighted by Gasteiger charge is 2.05. The van der Waals surface area contributed by atoms with Gasteiger partial charge >= 0.3 is 0 Å². The molecular weight excluding hydrogens is 251 g/mol. The van der Waals surface area contributed by atoms with E-state index in [0.717, 1.165) is 0 Å². The molecule has 0 saturated carbocycles. The van der Waals surface area contributed by atoms with Gasteiger partial charge in [0.05, 0.1) is 8.07 Å². The van der Waals surface area contributed by atoms with Crippen LogP contribution in [-0.4, -0.2) is 12.5 Å². The quantitative estimate of drug-likeness (QED) is 0.316. The van der Waals surface area contributed by atoms with E-state index in [1.54, 1.807) is 0 Å². The second-order valence-electron chi connectivity index (χ2n) is 3.60. The van der Waals surface area contributed by atoms with Gasteiger partial charge in [-0.2, -0.15) is 0 Å². The van der Waals surface area contributed by atoms with Crippen LogP contribution in [0.3, 0.4) is 0 Å². The maximum absolute atomic E-state index is 2.43. The number of allylic oxidation sites excluding steroid dienone is 1. The fraction of sp³-hybridized carbons (Fsp3) is 0.750. The van der Waals surface area contributed by atoms with E-state index in [1.165, 1.54) is 17.3 Å². The van der Waals surface area contributed by atoms with Gasteiger partial charge in [0.25, 0.3) is 0 Å². The Labute approximate surface area is 79.2 Å². The second kappa shape index (κ2) is 5.35. The van der Waals surface area contributed by atoms with Crippen LogP contribution in [0, 0.1) is 0 Å². The lowest BCUT2D eigenvalue weighted by atomic mass is 10.3. The van der Waals surface area contributed by atoms with Crippen molar-refractivity contribution in [1.82, 2.24) is 0 Å². The van der Waals surface area contributed by atoms with Crippen LogP contribution in [0.1, 0.15) is 12.8 Å². The van der Waals surface area contributed by atoms with Gasteiger partial charge in [-0.25, -0.2) is 0 Å². The monoisotopic (exact) mass is 268 g/mol. The van der Waals surface area contributed by atoms with E-state index in [1.807, 2.05) is 0 Å². The van der Waals surface area contributed by atoms with Crippen LogP contribution in [0.25, 0.3) is 0 Å². The topological polar surface area (TPSA) is 0 Å². The van der Waals surface area contributed by atoms with Crippen LogP contribution in [-0.2, 0) is 0 Å². The van der Waals surface area contributed by atoms with Gasteiger partial charge < -0.3 is 0 Å². The molecule has 0 saturated heterocycles. The Morgan fingerprint density at radius 2 is 1.90 bits per heavy atom. The molecular formula is C8H17ISi. The number of unbranched alkanes of at least 4 members (excludes halogenated alkanes) is 1. The molecule has 2 heteroatoms. The molecule has 0 fully saturated rings. The average Bonchev–Trinajstić information content (AvgIpc) is 1.78. The summed E-state index contributed by atoms with van der Waals surface area (Å²) >= 11 is 2.43. The van der Waals surface area contributed by atoms with E-state index in [9.17, 15) is 0 Å². The molecule has 0 heterocycles. The molecule has 0 spiro atoms. The summed E-state index contributed by atoms with van der Waals surface area (Å²) in [6, 6.07) is 0. The molecule has 0 amide bonds. The lowest BCUT2D eigenvalue weighted by molar-refractivity contribution is 0.987. The minimum atomic E-state index is -0.890. The fourth-order valence-electron chi connectivity index (χ4n) is 0.632. The van der Waals surface area contributed by atoms with Gasteiger partial charge in [-0.1, -0.05) is 54.0 Å². The molecule has 0 atom stereocenters. The summed E-state index contributed by atoms with van der Waals surface area (Å²) in [4.78, 5) is 0. The van der Waals surface area contributed by atoms with E-state index < -0.39 is 8.07 Å². The van der Waals surface area contributed by atoms with Crippen molar-refractivity contribution >= 4 is 30.7 Å². The van der Waals surface area contributed by atoms with Crippen molar-refractivity contribution < 1.29 is 0 Å². The molecule has 0 unspecified atom stereocenters. The molecule has 0 aliphatic carbocycles. The highest BCUT2D eigenvalue weighted by Crippen LogP contribution is 2.04. The standard InChI is InChI=1S/C8H17ISi/c1-10(2,3)8-6-4-5-7-9/h6,8H,4-5,7H2,1-3H3/b8-6+. The summed E-state index contributed by atoms with van der Waals surface area (Å²) in [6.07, 6.45) is 4.96. The van der Waals surface area contributed by atoms with E-state index in [0.29, 0.717) is 0 Å². The number of hydrogen-bond donors (Lipinski definition) is 0. The van der Waals surface area contributed by atoms with Crippen molar-refractivity contribution in [3.63, 3.8) is 0 Å². The van der Waals surface area contributed by atoms with Gasteiger partial charge in [0, 0.05) is 0 Å². The van der Waals surface area contributed by atoms with Gasteiger partial charge in [0.1, 0.15) is 0 Å². The summed E-state index contributed by atoms with van der Waals surface area (Å²) in [5.74, 6) is 0. The Morgan fingerprint density at radius 3 is 2.30 bits per heavy atom. The molecule has 60 valence electrons. The normalized spacial score (nSPS) is 12.8. The summed E-state index contributed by atoms with van der Waals surface area (Å²) < 4.78 is 1.29. The van der Waals surface area contributed by atoms with Crippen LogP contribution in [0.5, 0.6) is 0 Å². The lowest BCUT2D eigenvalue weighted by Gasteiger charge is -2.07. The lowest BCUT2D eigenvalue weighted by Crippen LogP contribution is -2.15. The average molecular weight is 268 g/mol. The van der Waals surface area contributed by atoms with E-state index in [2.05, 4.69) is 54.0 Å². The zero-order valence-corrected chi connectivity index (χ0v) is 10.3. The van der Waals surface area contributed by atoms with Crippen molar-refractivity contribution in [2.45, 2.75) is 32.5 Å². The molecule has 0 rings (SSSR count). The summed E-state index contributed by atoms with van der Waals surface area (Å²) in [7, 11) is -0.890. The number of hydrogen-bond acceptors (Lipinski definition) is 0. The summed E-state index contributed by atoms with van der Waals surface area (Å²) in [5.41, 5.74) is 2.43. The van der Waals surface area contributed by atoms with Gasteiger partial charge in [-0.3, -0.25) is 0 Å². The molecule has 0 radical (unpaired) electrons. The summed E-state index contributed by atoms with van der Waals surface area (Å²) in [5, 5.41) is 0. The smallest absolute Gasteiger partial charge is 0.0682 e. The molecule has 0 aliphatic heterocycles. The molecule has 0 nitrogen and oxygen atoms in total. The van der Waals surface area contributed by atoms with Crippen LogP contribution < -0.4 is 0 Å². The van der Waals surface area contributed by atoms with Crippen molar-refractivity contribution in [2.24, 2.45) is 0 Å². The van der Waals surface area contributed by atoms with E-state index >= 15 is 0 Å². The molecule has 10 heavy (non-hydrogen) atoms. The minimum absolute atomic E-state index is 0.890. The first-order chi connectivity index (χ1) is 4.56. The fourth-order valence-corrected chi connectivity index (χ4v) is 1.95. The molecule has 0 aromatic heterocycles. The minimum Gasteiger partial charge on any atom is -0.0989 e. The van der Waals surface area contributed by atoms with Crippen molar-refractivity contribution in [3.8, 4) is 0 Å². The second-order valence-corrected chi connectivity index (χ2v) is 9.74. The Bertz CT molecular complexity index is 102. The maximum Gasteiger partial charge on any atom is 0.0682 e. The summed E-state index contributed by atoms with van der Waals surface area (Å²) in [6.45, 7) is 7.11. The Balaban J connectivity index is 3.37. The number of alkyl halides is 1. The molecule has 0 aromatic rings. The Morgan fingerprint density at radius 1 is 1.30 bits per heavy atom. The van der Waals surface area contributed by atoms with Gasteiger partial charge in [-0.15, -0.1) is 0 Å². The zero-order chi connectivity index (χ0) is 8.04. The first-order valence-electron chi connectivity index (χ1n) is 3.80. The number of rotatable bonds is 4. The predicted octanol–water partition coefficient (Wildman–Crippen LogP) is 3.64. The van der Waals surface area contributed by atoms with Crippen LogP contribution in [0.2, 0.25) is 19.6 Å². The first-order valence-corrected chi connectivity index (χ1v) is 8.90. The maximum atomic E-state index is 2.43. The van der Waals surface area contributed by atoms with Gasteiger partial charge in [0.15, 0.2) is 0 Å². The van der Waals surface area contributed by atoms with E-state index in [4.69, 9.17) is 0 Å². The highest BCUT2D eigenvalue weighted by molar-refractivity contribution is 14.1. The predicted molar refractivity (Wildman–Crippen MR) is 60.6 cm³/mol. The van der Waals surface area contributed by atoms with Crippen LogP contribution in [0.4, 0.5) is 0 Å². The molecule has 0 N–H and O–H groups in total. The molecule has 0 bridgehead atoms. The SMILES string of the molecule is C[Si](C)(C)/C=C/CCCI. The van der Waals surface area contributed by atoms with Crippen LogP contribution >= 0.6 is 22.6 Å². The number of halogens is 1. The Hall–Kier alpha value is 0.687. The van der Waals surface area contributed by atoms with Gasteiger partial charge in [0.2, 0.25) is 0 Å². The first kappa shape index (κ1) is 10.7. The van der Waals surface area contributed by atoms with E-state index in [-0.39, 0.29) is 0 Å². The zero-order valence-electron chi connectivity index (χ0n) is 7.15.